The SMILES string of the molecule is COC1(c2c(N)ncnc2C(=O)NC(C)c2ncc(C=O)s2)CC1. The summed E-state index contributed by atoms with van der Waals surface area (Å²) in [5.74, 6) is -0.127. The quantitative estimate of drug-likeness (QED) is 0.759. The van der Waals surface area contributed by atoms with E-state index in [0.29, 0.717) is 15.4 Å². The predicted octanol–water partition coefficient (Wildman–Crippen LogP) is 1.45. The molecule has 1 aliphatic rings. The smallest absolute Gasteiger partial charge is 0.271 e. The lowest BCUT2D eigenvalue weighted by atomic mass is 10.1. The van der Waals surface area contributed by atoms with Crippen molar-refractivity contribution < 1.29 is 14.3 Å². The molecule has 2 heterocycles. The second-order valence-electron chi connectivity index (χ2n) is 5.59. The number of nitrogen functional groups attached to an aromatic ring is 1. The summed E-state index contributed by atoms with van der Waals surface area (Å²) in [6.07, 6.45) is 5.01. The van der Waals surface area contributed by atoms with Gasteiger partial charge in [0.15, 0.2) is 6.29 Å². The zero-order valence-corrected chi connectivity index (χ0v) is 14.1. The molecule has 126 valence electrons. The van der Waals surface area contributed by atoms with Crippen molar-refractivity contribution in [2.45, 2.75) is 31.4 Å². The number of nitrogens with zero attached hydrogens (tertiary/aromatic N) is 3. The molecule has 0 spiro atoms. The van der Waals surface area contributed by atoms with E-state index in [9.17, 15) is 9.59 Å². The molecule has 1 fully saturated rings. The predicted molar refractivity (Wildman–Crippen MR) is 87.7 cm³/mol. The molecule has 1 aliphatic carbocycles. The molecule has 1 atom stereocenters. The van der Waals surface area contributed by atoms with Gasteiger partial charge in [0, 0.05) is 13.3 Å². The van der Waals surface area contributed by atoms with Crippen molar-refractivity contribution in [2.24, 2.45) is 0 Å². The second kappa shape index (κ2) is 6.25. The minimum absolute atomic E-state index is 0.209. The number of aldehydes is 1. The average molecular weight is 347 g/mol. The summed E-state index contributed by atoms with van der Waals surface area (Å²) in [5, 5.41) is 3.47. The van der Waals surface area contributed by atoms with E-state index in [0.717, 1.165) is 19.1 Å². The van der Waals surface area contributed by atoms with Gasteiger partial charge in [0.1, 0.15) is 22.8 Å². The van der Waals surface area contributed by atoms with E-state index in [2.05, 4.69) is 20.3 Å². The topological polar surface area (TPSA) is 120 Å². The fourth-order valence-corrected chi connectivity index (χ4v) is 3.31. The third-order valence-corrected chi connectivity index (χ3v) is 5.12. The Bertz CT molecular complexity index is 787. The molecular weight excluding hydrogens is 330 g/mol. The molecule has 0 aromatic carbocycles. The molecule has 9 heteroatoms. The van der Waals surface area contributed by atoms with Crippen LogP contribution in [0, 0.1) is 0 Å². The molecule has 2 aromatic heterocycles. The molecule has 8 nitrogen and oxygen atoms in total. The third kappa shape index (κ3) is 2.87. The number of aromatic nitrogens is 3. The number of hydrogen-bond donors (Lipinski definition) is 2. The number of ether oxygens (including phenoxy) is 1. The van der Waals surface area contributed by atoms with E-state index in [1.807, 2.05) is 0 Å². The number of hydrogen-bond acceptors (Lipinski definition) is 8. The van der Waals surface area contributed by atoms with Crippen LogP contribution in [0.4, 0.5) is 5.82 Å². The minimum Gasteiger partial charge on any atom is -0.383 e. The number of thiazole rings is 1. The number of carbonyl (C=O) groups excluding carboxylic acids is 2. The lowest BCUT2D eigenvalue weighted by molar-refractivity contribution is 0.0753. The van der Waals surface area contributed by atoms with Crippen LogP contribution in [0.15, 0.2) is 12.5 Å². The van der Waals surface area contributed by atoms with Gasteiger partial charge in [0.2, 0.25) is 0 Å². The third-order valence-electron chi connectivity index (χ3n) is 4.02. The Morgan fingerprint density at radius 2 is 2.21 bits per heavy atom. The summed E-state index contributed by atoms with van der Waals surface area (Å²) < 4.78 is 5.52. The van der Waals surface area contributed by atoms with Crippen molar-refractivity contribution in [3.63, 3.8) is 0 Å². The number of nitrogens with one attached hydrogen (secondary N) is 1. The summed E-state index contributed by atoms with van der Waals surface area (Å²) in [5.41, 5.74) is 6.13. The fourth-order valence-electron chi connectivity index (χ4n) is 2.57. The Morgan fingerprint density at radius 1 is 1.46 bits per heavy atom. The zero-order valence-electron chi connectivity index (χ0n) is 13.3. The van der Waals surface area contributed by atoms with E-state index in [1.54, 1.807) is 14.0 Å². The maximum atomic E-state index is 12.7. The summed E-state index contributed by atoms with van der Waals surface area (Å²) in [6.45, 7) is 1.79. The van der Waals surface area contributed by atoms with Crippen LogP contribution >= 0.6 is 11.3 Å². The largest absolute Gasteiger partial charge is 0.383 e. The maximum absolute atomic E-state index is 12.7. The summed E-state index contributed by atoms with van der Waals surface area (Å²) in [4.78, 5) is 36.2. The monoisotopic (exact) mass is 347 g/mol. The molecule has 3 N–H and O–H groups in total. The van der Waals surface area contributed by atoms with Crippen molar-refractivity contribution in [1.82, 2.24) is 20.3 Å². The first-order chi connectivity index (χ1) is 11.5. The number of methoxy groups -OCH3 is 1. The average Bonchev–Trinajstić information content (AvgIpc) is 3.21. The van der Waals surface area contributed by atoms with E-state index in [-0.39, 0.29) is 23.5 Å². The number of anilines is 1. The number of carbonyl (C=O) groups is 2. The normalized spacial score (nSPS) is 16.4. The Labute approximate surface area is 142 Å². The molecule has 1 saturated carbocycles. The first kappa shape index (κ1) is 16.5. The Balaban J connectivity index is 1.85. The molecule has 1 unspecified atom stereocenters. The summed E-state index contributed by atoms with van der Waals surface area (Å²) in [7, 11) is 1.58. The Kier molecular flexibility index (Phi) is 4.29. The second-order valence-corrected chi connectivity index (χ2v) is 6.69. The summed E-state index contributed by atoms with van der Waals surface area (Å²) in [6, 6.07) is -0.363. The van der Waals surface area contributed by atoms with Crippen LogP contribution in [0.1, 0.15) is 56.5 Å². The highest BCUT2D eigenvalue weighted by atomic mass is 32.1. The van der Waals surface area contributed by atoms with Gasteiger partial charge in [0.05, 0.1) is 22.1 Å². The lowest BCUT2D eigenvalue weighted by Crippen LogP contribution is -2.30. The van der Waals surface area contributed by atoms with Crippen LogP contribution in [-0.2, 0) is 10.3 Å². The van der Waals surface area contributed by atoms with Crippen LogP contribution in [0.2, 0.25) is 0 Å². The van der Waals surface area contributed by atoms with E-state index in [4.69, 9.17) is 10.5 Å². The van der Waals surface area contributed by atoms with E-state index in [1.165, 1.54) is 23.9 Å². The summed E-state index contributed by atoms with van der Waals surface area (Å²) >= 11 is 1.23. The lowest BCUT2D eigenvalue weighted by Gasteiger charge is -2.19. The first-order valence-corrected chi connectivity index (χ1v) is 8.20. The van der Waals surface area contributed by atoms with Crippen LogP contribution in [0.5, 0.6) is 0 Å². The minimum atomic E-state index is -0.576. The number of rotatable bonds is 6. The molecule has 1 amide bonds. The molecule has 0 saturated heterocycles. The van der Waals surface area contributed by atoms with Crippen LogP contribution in [0.3, 0.4) is 0 Å². The molecule has 2 aromatic rings. The Morgan fingerprint density at radius 3 is 2.79 bits per heavy atom. The van der Waals surface area contributed by atoms with Crippen molar-refractivity contribution in [3.8, 4) is 0 Å². The van der Waals surface area contributed by atoms with Gasteiger partial charge in [-0.05, 0) is 19.8 Å². The molecule has 3 rings (SSSR count). The van der Waals surface area contributed by atoms with Crippen molar-refractivity contribution >= 4 is 29.3 Å². The highest BCUT2D eigenvalue weighted by Gasteiger charge is 2.49. The van der Waals surface area contributed by atoms with Crippen LogP contribution in [-0.4, -0.2) is 34.3 Å². The van der Waals surface area contributed by atoms with Gasteiger partial charge in [-0.1, -0.05) is 0 Å². The standard InChI is InChI=1S/C15H17N5O3S/c1-8(14-17-5-9(6-21)24-14)20-13(22)11-10(12(16)19-7-18-11)15(23-2)3-4-15/h5-8H,3-4H2,1-2H3,(H,20,22)(H2,16,18,19). The van der Waals surface area contributed by atoms with Crippen molar-refractivity contribution in [2.75, 3.05) is 12.8 Å². The number of amides is 1. The zero-order chi connectivity index (χ0) is 17.3. The van der Waals surface area contributed by atoms with E-state index >= 15 is 0 Å². The highest BCUT2D eigenvalue weighted by Crippen LogP contribution is 2.51. The van der Waals surface area contributed by atoms with Gasteiger partial charge in [-0.25, -0.2) is 15.0 Å². The van der Waals surface area contributed by atoms with Crippen LogP contribution in [0.25, 0.3) is 0 Å². The molecular formula is C15H17N5O3S. The number of nitrogens with two attached hydrogens (primary N) is 1. The van der Waals surface area contributed by atoms with Gasteiger partial charge >= 0.3 is 0 Å². The van der Waals surface area contributed by atoms with Gasteiger partial charge in [-0.2, -0.15) is 0 Å². The van der Waals surface area contributed by atoms with Gasteiger partial charge in [0.25, 0.3) is 5.91 Å². The molecule has 24 heavy (non-hydrogen) atoms. The van der Waals surface area contributed by atoms with Crippen LogP contribution < -0.4 is 11.1 Å². The van der Waals surface area contributed by atoms with Gasteiger partial charge < -0.3 is 15.8 Å². The first-order valence-electron chi connectivity index (χ1n) is 7.38. The maximum Gasteiger partial charge on any atom is 0.271 e. The molecule has 0 radical (unpaired) electrons. The highest BCUT2D eigenvalue weighted by molar-refractivity contribution is 7.13. The fraction of sp³-hybridized carbons (Fsp3) is 0.400. The Hall–Kier alpha value is -2.39. The molecule has 0 aliphatic heterocycles. The van der Waals surface area contributed by atoms with Gasteiger partial charge in [-0.3, -0.25) is 9.59 Å². The van der Waals surface area contributed by atoms with E-state index < -0.39 is 5.60 Å². The molecule has 0 bridgehead atoms. The van der Waals surface area contributed by atoms with Crippen molar-refractivity contribution in [3.05, 3.63) is 33.7 Å². The van der Waals surface area contributed by atoms with Gasteiger partial charge in [-0.15, -0.1) is 11.3 Å². The van der Waals surface area contributed by atoms with Crippen molar-refractivity contribution in [1.29, 1.82) is 0 Å².